The van der Waals surface area contributed by atoms with Gasteiger partial charge in [-0.25, -0.2) is 8.78 Å². The minimum atomic E-state index is -0.427. The summed E-state index contributed by atoms with van der Waals surface area (Å²) in [6.07, 6.45) is 0. The molecule has 0 aliphatic heterocycles. The molecule has 0 saturated carbocycles. The molecule has 0 atom stereocenters. The molecule has 0 saturated heterocycles. The van der Waals surface area contributed by atoms with Crippen molar-refractivity contribution >= 4 is 5.69 Å². The lowest BCUT2D eigenvalue weighted by molar-refractivity contribution is 0.594. The van der Waals surface area contributed by atoms with Gasteiger partial charge < -0.3 is 5.32 Å². The first-order chi connectivity index (χ1) is 8.97. The monoisotopic (exact) mass is 261 g/mol. The second kappa shape index (κ2) is 5.39. The standard InChI is InChI=1S/C16H17F2N/c1-10-4-5-13(11(2)6-10)9-19-16-8-14(17)12(3)7-15(16)18/h4-8,19H,9H2,1-3H3. The summed E-state index contributed by atoms with van der Waals surface area (Å²) in [6, 6.07) is 8.49. The lowest BCUT2D eigenvalue weighted by Gasteiger charge is -2.11. The molecule has 2 aromatic rings. The summed E-state index contributed by atoms with van der Waals surface area (Å²) in [5.41, 5.74) is 3.91. The largest absolute Gasteiger partial charge is 0.379 e. The van der Waals surface area contributed by atoms with Gasteiger partial charge in [0.2, 0.25) is 0 Å². The van der Waals surface area contributed by atoms with Crippen LogP contribution in [0.1, 0.15) is 22.3 Å². The van der Waals surface area contributed by atoms with E-state index in [-0.39, 0.29) is 5.69 Å². The second-order valence-corrected chi connectivity index (χ2v) is 4.86. The first kappa shape index (κ1) is 13.5. The van der Waals surface area contributed by atoms with Crippen LogP contribution in [-0.2, 0) is 6.54 Å². The Balaban J connectivity index is 2.16. The highest BCUT2D eigenvalue weighted by molar-refractivity contribution is 5.48. The summed E-state index contributed by atoms with van der Waals surface area (Å²) in [5, 5.41) is 2.94. The minimum absolute atomic E-state index is 0.197. The normalized spacial score (nSPS) is 10.6. The smallest absolute Gasteiger partial charge is 0.146 e. The van der Waals surface area contributed by atoms with Crippen LogP contribution in [0.2, 0.25) is 0 Å². The number of hydrogen-bond acceptors (Lipinski definition) is 1. The lowest BCUT2D eigenvalue weighted by Crippen LogP contribution is -2.04. The predicted octanol–water partition coefficient (Wildman–Crippen LogP) is 4.50. The van der Waals surface area contributed by atoms with Crippen LogP contribution in [-0.4, -0.2) is 0 Å². The van der Waals surface area contributed by atoms with Gasteiger partial charge in [0.05, 0.1) is 5.69 Å². The maximum atomic E-state index is 13.7. The van der Waals surface area contributed by atoms with Crippen molar-refractivity contribution in [2.75, 3.05) is 5.32 Å². The van der Waals surface area contributed by atoms with Gasteiger partial charge in [-0.15, -0.1) is 0 Å². The Bertz CT molecular complexity index is 606. The highest BCUT2D eigenvalue weighted by Crippen LogP contribution is 2.20. The van der Waals surface area contributed by atoms with Gasteiger partial charge in [0.15, 0.2) is 0 Å². The number of halogens is 2. The van der Waals surface area contributed by atoms with Gasteiger partial charge in [-0.3, -0.25) is 0 Å². The highest BCUT2D eigenvalue weighted by atomic mass is 19.1. The summed E-state index contributed by atoms with van der Waals surface area (Å²) < 4.78 is 27.1. The van der Waals surface area contributed by atoms with Gasteiger partial charge in [0.1, 0.15) is 11.6 Å². The maximum Gasteiger partial charge on any atom is 0.146 e. The molecule has 0 fully saturated rings. The molecule has 1 nitrogen and oxygen atoms in total. The van der Waals surface area contributed by atoms with Crippen molar-refractivity contribution in [1.82, 2.24) is 0 Å². The Morgan fingerprint density at radius 1 is 0.895 bits per heavy atom. The number of aryl methyl sites for hydroxylation is 3. The van der Waals surface area contributed by atoms with Crippen LogP contribution in [0.25, 0.3) is 0 Å². The minimum Gasteiger partial charge on any atom is -0.379 e. The summed E-state index contributed by atoms with van der Waals surface area (Å²) in [5.74, 6) is -0.826. The fraction of sp³-hybridized carbons (Fsp3) is 0.250. The van der Waals surface area contributed by atoms with E-state index in [2.05, 4.69) is 11.4 Å². The molecule has 0 bridgehead atoms. The van der Waals surface area contributed by atoms with Crippen molar-refractivity contribution in [3.05, 3.63) is 64.2 Å². The molecular formula is C16H17F2N. The number of hydrogen-bond donors (Lipinski definition) is 1. The average Bonchev–Trinajstić information content (AvgIpc) is 2.34. The molecule has 2 rings (SSSR count). The molecule has 0 aliphatic carbocycles. The van der Waals surface area contributed by atoms with Crippen LogP contribution >= 0.6 is 0 Å². The molecule has 19 heavy (non-hydrogen) atoms. The maximum absolute atomic E-state index is 13.7. The van der Waals surface area contributed by atoms with E-state index in [1.807, 2.05) is 26.0 Å². The van der Waals surface area contributed by atoms with E-state index in [9.17, 15) is 8.78 Å². The topological polar surface area (TPSA) is 12.0 Å². The van der Waals surface area contributed by atoms with Gasteiger partial charge in [-0.05, 0) is 43.5 Å². The van der Waals surface area contributed by atoms with E-state index in [4.69, 9.17) is 0 Å². The summed E-state index contributed by atoms with van der Waals surface area (Å²) in [4.78, 5) is 0. The summed E-state index contributed by atoms with van der Waals surface area (Å²) >= 11 is 0. The summed E-state index contributed by atoms with van der Waals surface area (Å²) in [7, 11) is 0. The third-order valence-electron chi connectivity index (χ3n) is 3.22. The van der Waals surface area contributed by atoms with Crippen molar-refractivity contribution in [2.45, 2.75) is 27.3 Å². The molecule has 2 aromatic carbocycles. The molecule has 0 heterocycles. The number of anilines is 1. The molecular weight excluding hydrogens is 244 g/mol. The molecule has 0 aliphatic rings. The van der Waals surface area contributed by atoms with Crippen LogP contribution in [0, 0.1) is 32.4 Å². The lowest BCUT2D eigenvalue weighted by atomic mass is 10.1. The van der Waals surface area contributed by atoms with E-state index in [0.717, 1.165) is 11.1 Å². The molecule has 1 N–H and O–H groups in total. The van der Waals surface area contributed by atoms with E-state index < -0.39 is 11.6 Å². The van der Waals surface area contributed by atoms with Crippen molar-refractivity contribution in [1.29, 1.82) is 0 Å². The number of rotatable bonds is 3. The van der Waals surface area contributed by atoms with Gasteiger partial charge in [-0.1, -0.05) is 23.8 Å². The molecule has 0 amide bonds. The van der Waals surface area contributed by atoms with Crippen molar-refractivity contribution < 1.29 is 8.78 Å². The average molecular weight is 261 g/mol. The van der Waals surface area contributed by atoms with Gasteiger partial charge in [-0.2, -0.15) is 0 Å². The first-order valence-corrected chi connectivity index (χ1v) is 6.23. The molecule has 3 heteroatoms. The van der Waals surface area contributed by atoms with Crippen LogP contribution in [0.15, 0.2) is 30.3 Å². The van der Waals surface area contributed by atoms with Crippen LogP contribution in [0.5, 0.6) is 0 Å². The Hall–Kier alpha value is -1.90. The Morgan fingerprint density at radius 2 is 1.63 bits per heavy atom. The fourth-order valence-corrected chi connectivity index (χ4v) is 2.02. The van der Waals surface area contributed by atoms with E-state index in [1.165, 1.54) is 17.7 Å². The second-order valence-electron chi connectivity index (χ2n) is 4.86. The Labute approximate surface area is 112 Å². The first-order valence-electron chi connectivity index (χ1n) is 6.23. The van der Waals surface area contributed by atoms with Crippen molar-refractivity contribution in [3.63, 3.8) is 0 Å². The zero-order valence-corrected chi connectivity index (χ0v) is 11.3. The molecule has 0 spiro atoms. The van der Waals surface area contributed by atoms with Crippen LogP contribution in [0.4, 0.5) is 14.5 Å². The van der Waals surface area contributed by atoms with Crippen LogP contribution < -0.4 is 5.32 Å². The quantitative estimate of drug-likeness (QED) is 0.857. The SMILES string of the molecule is Cc1ccc(CNc2cc(F)c(C)cc2F)c(C)c1. The number of benzene rings is 2. The summed E-state index contributed by atoms with van der Waals surface area (Å²) in [6.45, 7) is 6.06. The molecule has 0 aromatic heterocycles. The zero-order chi connectivity index (χ0) is 14.0. The third-order valence-corrected chi connectivity index (χ3v) is 3.22. The predicted molar refractivity (Wildman–Crippen MR) is 74.3 cm³/mol. The Kier molecular flexibility index (Phi) is 3.84. The Morgan fingerprint density at radius 3 is 2.32 bits per heavy atom. The van der Waals surface area contributed by atoms with Gasteiger partial charge in [0.25, 0.3) is 0 Å². The van der Waals surface area contributed by atoms with E-state index >= 15 is 0 Å². The molecule has 100 valence electrons. The van der Waals surface area contributed by atoms with Crippen molar-refractivity contribution in [2.24, 2.45) is 0 Å². The highest BCUT2D eigenvalue weighted by Gasteiger charge is 2.07. The zero-order valence-electron chi connectivity index (χ0n) is 11.3. The number of nitrogens with one attached hydrogen (secondary N) is 1. The van der Waals surface area contributed by atoms with E-state index in [1.54, 1.807) is 6.92 Å². The molecule has 0 radical (unpaired) electrons. The van der Waals surface area contributed by atoms with Crippen molar-refractivity contribution in [3.8, 4) is 0 Å². The third kappa shape index (κ3) is 3.11. The van der Waals surface area contributed by atoms with Gasteiger partial charge in [0, 0.05) is 12.6 Å². The van der Waals surface area contributed by atoms with Crippen LogP contribution in [0.3, 0.4) is 0 Å². The molecule has 0 unspecified atom stereocenters. The van der Waals surface area contributed by atoms with E-state index in [0.29, 0.717) is 12.1 Å². The van der Waals surface area contributed by atoms with Gasteiger partial charge >= 0.3 is 0 Å². The fourth-order valence-electron chi connectivity index (χ4n) is 2.02.